The third-order valence-corrected chi connectivity index (χ3v) is 6.88. The van der Waals surface area contributed by atoms with Gasteiger partial charge in [-0.05, 0) is 66.9 Å². The molecule has 1 aliphatic rings. The van der Waals surface area contributed by atoms with Crippen LogP contribution in [-0.2, 0) is 9.59 Å². The Bertz CT molecular complexity index is 1350. The summed E-state index contributed by atoms with van der Waals surface area (Å²) < 4.78 is 11.6. The number of ether oxygens (including phenoxy) is 2. The van der Waals surface area contributed by atoms with Gasteiger partial charge in [-0.15, -0.1) is 0 Å². The van der Waals surface area contributed by atoms with Crippen LogP contribution < -0.4 is 19.3 Å². The van der Waals surface area contributed by atoms with Crippen LogP contribution in [0.4, 0.5) is 11.4 Å². The highest BCUT2D eigenvalue weighted by atomic mass is 16.5. The number of aliphatic hydroxyl groups is 1. The van der Waals surface area contributed by atoms with Crippen molar-refractivity contribution in [2.75, 3.05) is 37.1 Å². The second kappa shape index (κ2) is 13.2. The lowest BCUT2D eigenvalue weighted by Gasteiger charge is -2.26. The van der Waals surface area contributed by atoms with Crippen molar-refractivity contribution in [1.29, 1.82) is 0 Å². The lowest BCUT2D eigenvalue weighted by Crippen LogP contribution is -2.29. The molecule has 4 rings (SSSR count). The van der Waals surface area contributed by atoms with Crippen LogP contribution in [0.1, 0.15) is 56.7 Å². The topological polar surface area (TPSA) is 79.3 Å². The number of unbranched alkanes of at least 4 members (excludes halogenated alkanes) is 2. The SMILES string of the molecule is CCCCCOc1ccc(/C(O)=C2\C(=O)C(=O)N(c3cccc(OCCC)c3)C2c2ccc(N(C)C)cc2)cc1. The number of hydrogen-bond donors (Lipinski definition) is 1. The van der Waals surface area contributed by atoms with Gasteiger partial charge in [0, 0.05) is 37.1 Å². The Morgan fingerprint density at radius 1 is 0.850 bits per heavy atom. The fourth-order valence-corrected chi connectivity index (χ4v) is 4.72. The lowest BCUT2D eigenvalue weighted by molar-refractivity contribution is -0.132. The normalized spacial score (nSPS) is 16.3. The van der Waals surface area contributed by atoms with Gasteiger partial charge < -0.3 is 19.5 Å². The van der Waals surface area contributed by atoms with Crippen LogP contribution in [0, 0.1) is 0 Å². The van der Waals surface area contributed by atoms with Crippen molar-refractivity contribution in [2.24, 2.45) is 0 Å². The van der Waals surface area contributed by atoms with Crippen LogP contribution in [0.25, 0.3) is 5.76 Å². The van der Waals surface area contributed by atoms with Gasteiger partial charge in [-0.25, -0.2) is 0 Å². The van der Waals surface area contributed by atoms with Crippen molar-refractivity contribution in [3.8, 4) is 11.5 Å². The number of anilines is 2. The first-order valence-corrected chi connectivity index (χ1v) is 13.9. The predicted octanol–water partition coefficient (Wildman–Crippen LogP) is 6.74. The maximum Gasteiger partial charge on any atom is 0.300 e. The van der Waals surface area contributed by atoms with E-state index in [9.17, 15) is 14.7 Å². The maximum absolute atomic E-state index is 13.5. The molecule has 7 nitrogen and oxygen atoms in total. The number of carbonyl (C=O) groups is 2. The summed E-state index contributed by atoms with van der Waals surface area (Å²) in [6, 6.07) is 20.9. The smallest absolute Gasteiger partial charge is 0.300 e. The minimum Gasteiger partial charge on any atom is -0.507 e. The van der Waals surface area contributed by atoms with Crippen LogP contribution in [0.3, 0.4) is 0 Å². The van der Waals surface area contributed by atoms with E-state index >= 15 is 0 Å². The zero-order valence-corrected chi connectivity index (χ0v) is 23.7. The number of aliphatic hydroxyl groups excluding tert-OH is 1. The Balaban J connectivity index is 1.76. The van der Waals surface area contributed by atoms with Gasteiger partial charge in [0.15, 0.2) is 0 Å². The maximum atomic E-state index is 13.5. The second-order valence-electron chi connectivity index (χ2n) is 10.1. The fourth-order valence-electron chi connectivity index (χ4n) is 4.72. The molecular formula is C33H38N2O5. The molecule has 0 aromatic heterocycles. The molecule has 1 amide bonds. The van der Waals surface area contributed by atoms with E-state index in [1.54, 1.807) is 42.5 Å². The number of Topliss-reactive ketones (excluding diaryl/α,β-unsaturated/α-hetero) is 1. The van der Waals surface area contributed by atoms with Gasteiger partial charge in [-0.1, -0.05) is 44.9 Å². The van der Waals surface area contributed by atoms with E-state index in [1.165, 1.54) is 4.90 Å². The zero-order valence-electron chi connectivity index (χ0n) is 23.7. The summed E-state index contributed by atoms with van der Waals surface area (Å²) in [5.41, 5.74) is 2.69. The third kappa shape index (κ3) is 6.30. The Hall–Kier alpha value is -4.26. The molecule has 0 bridgehead atoms. The number of nitrogens with zero attached hydrogens (tertiary/aromatic N) is 2. The van der Waals surface area contributed by atoms with Crippen LogP contribution >= 0.6 is 0 Å². The molecule has 1 fully saturated rings. The summed E-state index contributed by atoms with van der Waals surface area (Å²) >= 11 is 0. The molecule has 0 radical (unpaired) electrons. The van der Waals surface area contributed by atoms with Gasteiger partial charge in [0.2, 0.25) is 0 Å². The first-order chi connectivity index (χ1) is 19.3. The molecule has 0 spiro atoms. The van der Waals surface area contributed by atoms with Crippen molar-refractivity contribution in [1.82, 2.24) is 0 Å². The molecule has 210 valence electrons. The average Bonchev–Trinajstić information content (AvgIpc) is 3.24. The third-order valence-electron chi connectivity index (χ3n) is 6.88. The molecule has 1 saturated heterocycles. The summed E-state index contributed by atoms with van der Waals surface area (Å²) in [6.45, 7) is 5.32. The summed E-state index contributed by atoms with van der Waals surface area (Å²) in [5.74, 6) is -0.366. The number of amides is 1. The van der Waals surface area contributed by atoms with Crippen molar-refractivity contribution in [2.45, 2.75) is 45.6 Å². The Morgan fingerprint density at radius 2 is 1.55 bits per heavy atom. The second-order valence-corrected chi connectivity index (χ2v) is 10.1. The highest BCUT2D eigenvalue weighted by molar-refractivity contribution is 6.51. The first kappa shape index (κ1) is 28.7. The van der Waals surface area contributed by atoms with Gasteiger partial charge in [0.1, 0.15) is 17.3 Å². The Labute approximate surface area is 236 Å². The molecule has 40 heavy (non-hydrogen) atoms. The van der Waals surface area contributed by atoms with Crippen molar-refractivity contribution in [3.63, 3.8) is 0 Å². The van der Waals surface area contributed by atoms with Gasteiger partial charge in [-0.3, -0.25) is 14.5 Å². The largest absolute Gasteiger partial charge is 0.507 e. The van der Waals surface area contributed by atoms with E-state index in [-0.39, 0.29) is 11.3 Å². The molecule has 1 atom stereocenters. The number of ketones is 1. The van der Waals surface area contributed by atoms with Gasteiger partial charge in [0.25, 0.3) is 11.7 Å². The van der Waals surface area contributed by atoms with E-state index < -0.39 is 17.7 Å². The van der Waals surface area contributed by atoms with Gasteiger partial charge >= 0.3 is 0 Å². The fraction of sp³-hybridized carbons (Fsp3) is 0.333. The molecule has 1 N–H and O–H groups in total. The molecule has 3 aromatic rings. The zero-order chi connectivity index (χ0) is 28.6. The van der Waals surface area contributed by atoms with Gasteiger partial charge in [0.05, 0.1) is 24.8 Å². The summed E-state index contributed by atoms with van der Waals surface area (Å²) in [6.07, 6.45) is 4.03. The molecule has 3 aromatic carbocycles. The standard InChI is InChI=1S/C33H38N2O5/c1-5-7-8-21-40-27-18-14-24(15-19-27)31(36)29-30(23-12-16-25(17-13-23)34(3)4)35(33(38)32(29)37)26-10-9-11-28(22-26)39-20-6-2/h9-19,22,30,36H,5-8,20-21H2,1-4H3/b31-29+. The molecule has 0 aliphatic carbocycles. The highest BCUT2D eigenvalue weighted by Crippen LogP contribution is 2.43. The minimum atomic E-state index is -0.817. The van der Waals surface area contributed by atoms with E-state index in [0.717, 1.165) is 31.4 Å². The van der Waals surface area contributed by atoms with Crippen LogP contribution in [0.2, 0.25) is 0 Å². The van der Waals surface area contributed by atoms with Crippen LogP contribution in [0.15, 0.2) is 78.4 Å². The molecule has 7 heteroatoms. The quantitative estimate of drug-likeness (QED) is 0.118. The Kier molecular flexibility index (Phi) is 9.48. The molecular weight excluding hydrogens is 504 g/mol. The van der Waals surface area contributed by atoms with E-state index in [1.807, 2.05) is 56.3 Å². The minimum absolute atomic E-state index is 0.0408. The highest BCUT2D eigenvalue weighted by Gasteiger charge is 2.47. The van der Waals surface area contributed by atoms with E-state index in [0.29, 0.717) is 41.5 Å². The van der Waals surface area contributed by atoms with Crippen LogP contribution in [0.5, 0.6) is 11.5 Å². The Morgan fingerprint density at radius 3 is 2.20 bits per heavy atom. The molecule has 1 heterocycles. The number of benzene rings is 3. The van der Waals surface area contributed by atoms with E-state index in [4.69, 9.17) is 9.47 Å². The monoisotopic (exact) mass is 542 g/mol. The van der Waals surface area contributed by atoms with Crippen molar-refractivity contribution < 1.29 is 24.2 Å². The summed E-state index contributed by atoms with van der Waals surface area (Å²) in [4.78, 5) is 30.5. The predicted molar refractivity (Wildman–Crippen MR) is 159 cm³/mol. The number of hydrogen-bond acceptors (Lipinski definition) is 6. The number of rotatable bonds is 12. The summed E-state index contributed by atoms with van der Waals surface area (Å²) in [7, 11) is 3.89. The number of carbonyl (C=O) groups excluding carboxylic acids is 2. The molecule has 0 saturated carbocycles. The molecule has 1 aliphatic heterocycles. The van der Waals surface area contributed by atoms with Crippen molar-refractivity contribution >= 4 is 28.8 Å². The van der Waals surface area contributed by atoms with Crippen molar-refractivity contribution in [3.05, 3.63) is 89.5 Å². The van der Waals surface area contributed by atoms with Gasteiger partial charge in [-0.2, -0.15) is 0 Å². The lowest BCUT2D eigenvalue weighted by atomic mass is 9.95. The average molecular weight is 543 g/mol. The van der Waals surface area contributed by atoms with E-state index in [2.05, 4.69) is 6.92 Å². The summed E-state index contributed by atoms with van der Waals surface area (Å²) in [5, 5.41) is 11.5. The first-order valence-electron chi connectivity index (χ1n) is 13.9. The molecule has 1 unspecified atom stereocenters. The van der Waals surface area contributed by atoms with Crippen LogP contribution in [-0.4, -0.2) is 44.1 Å².